The summed E-state index contributed by atoms with van der Waals surface area (Å²) >= 11 is 0. The number of hydrogen-bond donors (Lipinski definition) is 3. The highest BCUT2D eigenvalue weighted by atomic mass is 16.5. The minimum atomic E-state index is -0.419. The van der Waals surface area contributed by atoms with Gasteiger partial charge in [0, 0.05) is 5.69 Å². The first-order valence-electron chi connectivity index (χ1n) is 9.09. The second kappa shape index (κ2) is 9.13. The molecular weight excluding hydrogens is 348 g/mol. The van der Waals surface area contributed by atoms with Gasteiger partial charge in [-0.2, -0.15) is 0 Å². The van der Waals surface area contributed by atoms with Gasteiger partial charge in [-0.05, 0) is 57.1 Å². The molecule has 1 saturated heterocycles. The number of aromatic nitrogens is 3. The lowest BCUT2D eigenvalue weighted by Crippen LogP contribution is -2.33. The fourth-order valence-corrected chi connectivity index (χ4v) is 2.89. The summed E-state index contributed by atoms with van der Waals surface area (Å²) in [5.41, 5.74) is 0.844. The van der Waals surface area contributed by atoms with Crippen molar-refractivity contribution in [3.05, 3.63) is 36.2 Å². The van der Waals surface area contributed by atoms with Gasteiger partial charge in [-0.15, -0.1) is 5.10 Å². The molecule has 9 nitrogen and oxygen atoms in total. The molecule has 0 bridgehead atoms. The van der Waals surface area contributed by atoms with E-state index in [-0.39, 0.29) is 24.2 Å². The Kier molecular flexibility index (Phi) is 6.37. The maximum Gasteiger partial charge on any atom is 0.273 e. The Hall–Kier alpha value is -2.94. The van der Waals surface area contributed by atoms with Gasteiger partial charge < -0.3 is 20.7 Å². The van der Waals surface area contributed by atoms with E-state index in [4.69, 9.17) is 4.74 Å². The quantitative estimate of drug-likeness (QED) is 0.668. The summed E-state index contributed by atoms with van der Waals surface area (Å²) in [5, 5.41) is 16.5. The number of amides is 2. The lowest BCUT2D eigenvalue weighted by Gasteiger charge is -2.22. The molecule has 1 aliphatic rings. The average molecular weight is 372 g/mol. The first-order chi connectivity index (χ1) is 13.2. The Balaban J connectivity index is 1.47. The Morgan fingerprint density at radius 2 is 2.00 bits per heavy atom. The minimum Gasteiger partial charge on any atom is -0.494 e. The second-order valence-corrected chi connectivity index (χ2v) is 6.25. The van der Waals surface area contributed by atoms with Crippen molar-refractivity contribution >= 4 is 17.5 Å². The molecule has 3 rings (SSSR count). The SMILES string of the molecule is CCOc1ccc(NC(=O)CNC(=O)c2cn(C3CCNCC3)nn2)cc1. The van der Waals surface area contributed by atoms with Gasteiger partial charge >= 0.3 is 0 Å². The zero-order valence-corrected chi connectivity index (χ0v) is 15.3. The average Bonchev–Trinajstić information content (AvgIpc) is 3.19. The topological polar surface area (TPSA) is 110 Å². The van der Waals surface area contributed by atoms with Crippen LogP contribution in [0.25, 0.3) is 0 Å². The van der Waals surface area contributed by atoms with Crippen LogP contribution in [0.4, 0.5) is 5.69 Å². The molecular formula is C18H24N6O3. The zero-order valence-electron chi connectivity index (χ0n) is 15.3. The molecule has 0 spiro atoms. The molecule has 0 unspecified atom stereocenters. The Morgan fingerprint density at radius 1 is 1.26 bits per heavy atom. The van der Waals surface area contributed by atoms with E-state index < -0.39 is 5.91 Å². The number of nitrogens with zero attached hydrogens (tertiary/aromatic N) is 3. The molecule has 1 aliphatic heterocycles. The van der Waals surface area contributed by atoms with Crippen LogP contribution in [0.2, 0.25) is 0 Å². The highest BCUT2D eigenvalue weighted by Crippen LogP contribution is 2.17. The van der Waals surface area contributed by atoms with Gasteiger partial charge in [-0.3, -0.25) is 9.59 Å². The Labute approximate surface area is 157 Å². The first kappa shape index (κ1) is 18.8. The molecule has 0 radical (unpaired) electrons. The number of anilines is 1. The van der Waals surface area contributed by atoms with Crippen molar-refractivity contribution in [2.45, 2.75) is 25.8 Å². The molecule has 9 heteroatoms. The van der Waals surface area contributed by atoms with Crippen LogP contribution in [-0.2, 0) is 4.79 Å². The summed E-state index contributed by atoms with van der Waals surface area (Å²) in [6.45, 7) is 4.20. The monoisotopic (exact) mass is 372 g/mol. The summed E-state index contributed by atoms with van der Waals surface area (Å²) in [4.78, 5) is 24.2. The molecule has 27 heavy (non-hydrogen) atoms. The zero-order chi connectivity index (χ0) is 19.1. The van der Waals surface area contributed by atoms with Crippen LogP contribution in [0.5, 0.6) is 5.75 Å². The summed E-state index contributed by atoms with van der Waals surface area (Å²) in [7, 11) is 0. The highest BCUT2D eigenvalue weighted by molar-refractivity contribution is 5.98. The van der Waals surface area contributed by atoms with Gasteiger partial charge in [0.05, 0.1) is 25.4 Å². The number of ether oxygens (including phenoxy) is 1. The van der Waals surface area contributed by atoms with Crippen LogP contribution < -0.4 is 20.7 Å². The lowest BCUT2D eigenvalue weighted by atomic mass is 10.1. The van der Waals surface area contributed by atoms with Crippen molar-refractivity contribution in [3.63, 3.8) is 0 Å². The van der Waals surface area contributed by atoms with E-state index in [0.717, 1.165) is 31.7 Å². The molecule has 2 amide bonds. The Morgan fingerprint density at radius 3 is 2.70 bits per heavy atom. The number of piperidine rings is 1. The van der Waals surface area contributed by atoms with Crippen LogP contribution in [-0.4, -0.2) is 53.0 Å². The summed E-state index contributed by atoms with van der Waals surface area (Å²) in [6.07, 6.45) is 3.54. The molecule has 1 fully saturated rings. The molecule has 3 N–H and O–H groups in total. The van der Waals surface area contributed by atoms with Crippen LogP contribution in [0.1, 0.15) is 36.3 Å². The standard InChI is InChI=1S/C18H24N6O3/c1-2-27-15-5-3-13(4-6-15)21-17(25)11-20-18(26)16-12-24(23-22-16)14-7-9-19-10-8-14/h3-6,12,14,19H,2,7-11H2,1H3,(H,20,26)(H,21,25). The molecule has 144 valence electrons. The molecule has 2 heterocycles. The summed E-state index contributed by atoms with van der Waals surface area (Å²) in [5.74, 6) is -0.00378. The van der Waals surface area contributed by atoms with E-state index in [2.05, 4.69) is 26.3 Å². The fourth-order valence-electron chi connectivity index (χ4n) is 2.89. The van der Waals surface area contributed by atoms with Gasteiger partial charge in [-0.1, -0.05) is 5.21 Å². The van der Waals surface area contributed by atoms with Crippen molar-refractivity contribution < 1.29 is 14.3 Å². The molecule has 0 saturated carbocycles. The third-order valence-electron chi connectivity index (χ3n) is 4.28. The van der Waals surface area contributed by atoms with E-state index >= 15 is 0 Å². The number of benzene rings is 1. The highest BCUT2D eigenvalue weighted by Gasteiger charge is 2.19. The van der Waals surface area contributed by atoms with Crippen molar-refractivity contribution in [1.82, 2.24) is 25.6 Å². The Bertz CT molecular complexity index is 768. The predicted octanol–water partition coefficient (Wildman–Crippen LogP) is 0.970. The van der Waals surface area contributed by atoms with Gasteiger partial charge in [-0.25, -0.2) is 4.68 Å². The van der Waals surface area contributed by atoms with Crippen LogP contribution in [0.3, 0.4) is 0 Å². The normalized spacial score (nSPS) is 14.6. The van der Waals surface area contributed by atoms with Crippen molar-refractivity contribution in [2.24, 2.45) is 0 Å². The minimum absolute atomic E-state index is 0.147. The molecule has 0 atom stereocenters. The van der Waals surface area contributed by atoms with Crippen molar-refractivity contribution in [3.8, 4) is 5.75 Å². The summed E-state index contributed by atoms with van der Waals surface area (Å²) < 4.78 is 7.08. The van der Waals surface area contributed by atoms with Gasteiger partial charge in [0.25, 0.3) is 5.91 Å². The second-order valence-electron chi connectivity index (χ2n) is 6.25. The largest absolute Gasteiger partial charge is 0.494 e. The molecule has 1 aromatic carbocycles. The smallest absolute Gasteiger partial charge is 0.273 e. The maximum absolute atomic E-state index is 12.2. The van der Waals surface area contributed by atoms with Gasteiger partial charge in [0.15, 0.2) is 5.69 Å². The predicted molar refractivity (Wildman–Crippen MR) is 99.7 cm³/mol. The molecule has 0 aliphatic carbocycles. The lowest BCUT2D eigenvalue weighted by molar-refractivity contribution is -0.115. The van der Waals surface area contributed by atoms with Crippen molar-refractivity contribution in [1.29, 1.82) is 0 Å². The van der Waals surface area contributed by atoms with E-state index in [9.17, 15) is 9.59 Å². The van der Waals surface area contributed by atoms with E-state index in [1.807, 2.05) is 6.92 Å². The van der Waals surface area contributed by atoms with Crippen molar-refractivity contribution in [2.75, 3.05) is 31.6 Å². The molecule has 2 aromatic rings. The summed E-state index contributed by atoms with van der Waals surface area (Å²) in [6, 6.07) is 7.29. The van der Waals surface area contributed by atoms with Crippen LogP contribution in [0.15, 0.2) is 30.5 Å². The number of rotatable bonds is 7. The number of carbonyl (C=O) groups is 2. The van der Waals surface area contributed by atoms with Crippen LogP contribution >= 0.6 is 0 Å². The van der Waals surface area contributed by atoms with E-state index in [0.29, 0.717) is 12.3 Å². The van der Waals surface area contributed by atoms with Gasteiger partial charge in [0.2, 0.25) is 5.91 Å². The van der Waals surface area contributed by atoms with Gasteiger partial charge in [0.1, 0.15) is 5.75 Å². The van der Waals surface area contributed by atoms with Crippen LogP contribution in [0, 0.1) is 0 Å². The molecule has 1 aromatic heterocycles. The first-order valence-corrected chi connectivity index (χ1v) is 9.09. The maximum atomic E-state index is 12.2. The third kappa shape index (κ3) is 5.27. The van der Waals surface area contributed by atoms with E-state index in [1.54, 1.807) is 35.1 Å². The third-order valence-corrected chi connectivity index (χ3v) is 4.28. The number of carbonyl (C=O) groups excluding carboxylic acids is 2. The number of nitrogens with one attached hydrogen (secondary N) is 3. The number of hydrogen-bond acceptors (Lipinski definition) is 6. The van der Waals surface area contributed by atoms with E-state index in [1.165, 1.54) is 0 Å². The fraction of sp³-hybridized carbons (Fsp3) is 0.444.